The molecule has 0 aliphatic rings. The molecule has 2 rings (SSSR count). The van der Waals surface area contributed by atoms with Gasteiger partial charge in [0.1, 0.15) is 16.7 Å². The van der Waals surface area contributed by atoms with Crippen molar-refractivity contribution in [3.8, 4) is 11.4 Å². The van der Waals surface area contributed by atoms with E-state index in [-0.39, 0.29) is 6.61 Å². The van der Waals surface area contributed by atoms with Crippen molar-refractivity contribution in [3.05, 3.63) is 40.1 Å². The molecule has 0 aliphatic carbocycles. The normalized spacial score (nSPS) is 10.8. The number of nitrogens with zero attached hydrogens (tertiary/aromatic N) is 2. The lowest BCUT2D eigenvalue weighted by atomic mass is 10.2. The minimum Gasteiger partial charge on any atom is -0.390 e. The minimum absolute atomic E-state index is 0.166. The van der Waals surface area contributed by atoms with Crippen molar-refractivity contribution in [2.24, 2.45) is 7.05 Å². The van der Waals surface area contributed by atoms with Crippen molar-refractivity contribution in [1.82, 2.24) is 9.55 Å². The van der Waals surface area contributed by atoms with Gasteiger partial charge in [-0.15, -0.1) is 0 Å². The van der Waals surface area contributed by atoms with Gasteiger partial charge >= 0.3 is 0 Å². The van der Waals surface area contributed by atoms with Gasteiger partial charge < -0.3 is 9.67 Å². The molecule has 0 amide bonds. The second kappa shape index (κ2) is 4.45. The molecule has 16 heavy (non-hydrogen) atoms. The Labute approximate surface area is 103 Å². The Morgan fingerprint density at radius 2 is 1.88 bits per heavy atom. The van der Waals surface area contributed by atoms with Crippen LogP contribution in [0, 0.1) is 0 Å². The summed E-state index contributed by atoms with van der Waals surface area (Å²) in [6, 6.07) is 7.31. The second-order valence-corrected chi connectivity index (χ2v) is 4.19. The van der Waals surface area contributed by atoms with Crippen LogP contribution in [0.5, 0.6) is 0 Å². The first kappa shape index (κ1) is 11.5. The average molecular weight is 257 g/mol. The Morgan fingerprint density at radius 3 is 2.38 bits per heavy atom. The number of halogens is 2. The van der Waals surface area contributed by atoms with Crippen molar-refractivity contribution < 1.29 is 5.11 Å². The molecule has 0 bridgehead atoms. The van der Waals surface area contributed by atoms with Crippen LogP contribution in [-0.2, 0) is 13.7 Å². The van der Waals surface area contributed by atoms with Crippen molar-refractivity contribution in [2.75, 3.05) is 0 Å². The average Bonchev–Trinajstić information content (AvgIpc) is 2.57. The largest absolute Gasteiger partial charge is 0.390 e. The van der Waals surface area contributed by atoms with E-state index in [1.165, 1.54) is 0 Å². The zero-order chi connectivity index (χ0) is 11.7. The Kier molecular flexibility index (Phi) is 3.19. The molecule has 0 unspecified atom stereocenters. The summed E-state index contributed by atoms with van der Waals surface area (Å²) in [5.41, 5.74) is 1.39. The van der Waals surface area contributed by atoms with Gasteiger partial charge in [0.25, 0.3) is 0 Å². The Morgan fingerprint density at radius 1 is 1.25 bits per heavy atom. The maximum atomic E-state index is 9.07. The van der Waals surface area contributed by atoms with Gasteiger partial charge in [-0.25, -0.2) is 4.98 Å². The molecule has 84 valence electrons. The maximum Gasteiger partial charge on any atom is 0.141 e. The summed E-state index contributed by atoms with van der Waals surface area (Å²) in [4.78, 5) is 4.27. The van der Waals surface area contributed by atoms with Crippen LogP contribution in [-0.4, -0.2) is 14.7 Å². The number of hydrogen-bond donors (Lipinski definition) is 1. The third kappa shape index (κ3) is 1.94. The molecule has 5 heteroatoms. The zero-order valence-electron chi connectivity index (χ0n) is 8.61. The van der Waals surface area contributed by atoms with Gasteiger partial charge in [-0.05, 0) is 24.3 Å². The van der Waals surface area contributed by atoms with Gasteiger partial charge in [0.2, 0.25) is 0 Å². The van der Waals surface area contributed by atoms with Crippen molar-refractivity contribution in [3.63, 3.8) is 0 Å². The van der Waals surface area contributed by atoms with Crippen LogP contribution in [0.25, 0.3) is 11.4 Å². The molecule has 0 aliphatic heterocycles. The Hall–Kier alpha value is -1.03. The van der Waals surface area contributed by atoms with Crippen LogP contribution in [0.4, 0.5) is 0 Å². The third-order valence-electron chi connectivity index (χ3n) is 2.34. The molecule has 1 N–H and O–H groups in total. The number of aliphatic hydroxyl groups excluding tert-OH is 1. The first-order valence-corrected chi connectivity index (χ1v) is 5.47. The molecule has 1 aromatic heterocycles. The molecule has 1 heterocycles. The highest BCUT2D eigenvalue weighted by molar-refractivity contribution is 6.31. The number of benzene rings is 1. The third-order valence-corrected chi connectivity index (χ3v) is 3.07. The lowest BCUT2D eigenvalue weighted by Crippen LogP contribution is -1.92. The fourth-order valence-electron chi connectivity index (χ4n) is 1.49. The van der Waals surface area contributed by atoms with Crippen LogP contribution < -0.4 is 0 Å². The SMILES string of the molecule is Cn1c(-c2ccc(Cl)cc2)nc(CO)c1Cl. The van der Waals surface area contributed by atoms with Gasteiger partial charge in [-0.2, -0.15) is 0 Å². The predicted molar refractivity (Wildman–Crippen MR) is 64.6 cm³/mol. The Balaban J connectivity index is 2.52. The quantitative estimate of drug-likeness (QED) is 0.898. The van der Waals surface area contributed by atoms with E-state index in [1.54, 1.807) is 23.7 Å². The van der Waals surface area contributed by atoms with Crippen LogP contribution in [0.2, 0.25) is 10.2 Å². The van der Waals surface area contributed by atoms with Gasteiger partial charge in [0, 0.05) is 17.6 Å². The fourth-order valence-corrected chi connectivity index (χ4v) is 1.80. The van der Waals surface area contributed by atoms with E-state index >= 15 is 0 Å². The summed E-state index contributed by atoms with van der Waals surface area (Å²) in [7, 11) is 1.80. The molecule has 3 nitrogen and oxygen atoms in total. The standard InChI is InChI=1S/C11H10Cl2N2O/c1-15-10(13)9(6-16)14-11(15)7-2-4-8(12)5-3-7/h2-5,16H,6H2,1H3. The van der Waals surface area contributed by atoms with Crippen LogP contribution in [0.3, 0.4) is 0 Å². The lowest BCUT2D eigenvalue weighted by molar-refractivity contribution is 0.277. The molecule has 0 atom stereocenters. The van der Waals surface area contributed by atoms with E-state index in [1.807, 2.05) is 12.1 Å². The van der Waals surface area contributed by atoms with Crippen molar-refractivity contribution >= 4 is 23.2 Å². The molecule has 0 saturated carbocycles. The Bertz CT molecular complexity index is 505. The summed E-state index contributed by atoms with van der Waals surface area (Å²) < 4.78 is 1.73. The summed E-state index contributed by atoms with van der Waals surface area (Å²) in [5, 5.41) is 10.2. The van der Waals surface area contributed by atoms with E-state index in [2.05, 4.69) is 4.98 Å². The van der Waals surface area contributed by atoms with Crippen molar-refractivity contribution in [2.45, 2.75) is 6.61 Å². The second-order valence-electron chi connectivity index (χ2n) is 3.40. The van der Waals surface area contributed by atoms with E-state index < -0.39 is 0 Å². The topological polar surface area (TPSA) is 38.0 Å². The van der Waals surface area contributed by atoms with Crippen LogP contribution >= 0.6 is 23.2 Å². The number of imidazole rings is 1. The molecular formula is C11H10Cl2N2O. The highest BCUT2D eigenvalue weighted by Gasteiger charge is 2.13. The summed E-state index contributed by atoms with van der Waals surface area (Å²) in [6.45, 7) is -0.166. The predicted octanol–water partition coefficient (Wildman–Crippen LogP) is 2.89. The highest BCUT2D eigenvalue weighted by Crippen LogP contribution is 2.25. The van der Waals surface area contributed by atoms with E-state index in [4.69, 9.17) is 28.3 Å². The first-order chi connectivity index (χ1) is 7.63. The summed E-state index contributed by atoms with van der Waals surface area (Å²) in [5.74, 6) is 0.714. The van der Waals surface area contributed by atoms with Gasteiger partial charge in [-0.3, -0.25) is 0 Å². The number of rotatable bonds is 2. The molecule has 2 aromatic rings. The van der Waals surface area contributed by atoms with E-state index in [0.717, 1.165) is 5.56 Å². The van der Waals surface area contributed by atoms with E-state index in [9.17, 15) is 0 Å². The van der Waals surface area contributed by atoms with E-state index in [0.29, 0.717) is 21.7 Å². The number of hydrogen-bond acceptors (Lipinski definition) is 2. The van der Waals surface area contributed by atoms with Gasteiger partial charge in [0.05, 0.1) is 6.61 Å². The van der Waals surface area contributed by atoms with Gasteiger partial charge in [0.15, 0.2) is 0 Å². The number of aromatic nitrogens is 2. The lowest BCUT2D eigenvalue weighted by Gasteiger charge is -2.02. The zero-order valence-corrected chi connectivity index (χ0v) is 10.1. The fraction of sp³-hybridized carbons (Fsp3) is 0.182. The smallest absolute Gasteiger partial charge is 0.141 e. The van der Waals surface area contributed by atoms with Crippen molar-refractivity contribution in [1.29, 1.82) is 0 Å². The molecule has 1 aromatic carbocycles. The molecule has 0 radical (unpaired) electrons. The number of aliphatic hydroxyl groups is 1. The molecule has 0 fully saturated rings. The minimum atomic E-state index is -0.166. The monoisotopic (exact) mass is 256 g/mol. The summed E-state index contributed by atoms with van der Waals surface area (Å²) >= 11 is 11.8. The highest BCUT2D eigenvalue weighted by atomic mass is 35.5. The van der Waals surface area contributed by atoms with Gasteiger partial charge in [-0.1, -0.05) is 23.2 Å². The van der Waals surface area contributed by atoms with Crippen LogP contribution in [0.15, 0.2) is 24.3 Å². The summed E-state index contributed by atoms with van der Waals surface area (Å²) in [6.07, 6.45) is 0. The first-order valence-electron chi connectivity index (χ1n) is 4.71. The van der Waals surface area contributed by atoms with Crippen LogP contribution in [0.1, 0.15) is 5.69 Å². The molecule has 0 saturated heterocycles. The molecule has 0 spiro atoms. The molecular weight excluding hydrogens is 247 g/mol. The maximum absolute atomic E-state index is 9.07.